The first-order chi connectivity index (χ1) is 17.0. The summed E-state index contributed by atoms with van der Waals surface area (Å²) in [6, 6.07) is 23.1. The van der Waals surface area contributed by atoms with Crippen LogP contribution in [0.4, 0.5) is 10.5 Å². The Morgan fingerprint density at radius 3 is 2.40 bits per heavy atom. The van der Waals surface area contributed by atoms with Crippen LogP contribution in [-0.4, -0.2) is 41.7 Å². The summed E-state index contributed by atoms with van der Waals surface area (Å²) in [7, 11) is 0. The van der Waals surface area contributed by atoms with E-state index < -0.39 is 0 Å². The van der Waals surface area contributed by atoms with E-state index in [1.807, 2.05) is 36.4 Å². The van der Waals surface area contributed by atoms with E-state index in [2.05, 4.69) is 5.32 Å². The molecule has 0 aliphatic carbocycles. The van der Waals surface area contributed by atoms with Gasteiger partial charge in [-0.3, -0.25) is 19.3 Å². The maximum atomic E-state index is 12.7. The molecule has 4 rings (SSSR count). The lowest BCUT2D eigenvalue weighted by Crippen LogP contribution is -2.32. The summed E-state index contributed by atoms with van der Waals surface area (Å²) in [5.41, 5.74) is 1.30. The molecule has 1 saturated heterocycles. The number of rotatable bonds is 9. The number of benzene rings is 3. The summed E-state index contributed by atoms with van der Waals surface area (Å²) >= 11 is 7.17. The lowest BCUT2D eigenvalue weighted by molar-refractivity contribution is -0.123. The van der Waals surface area contributed by atoms with Gasteiger partial charge in [-0.25, -0.2) is 0 Å². The molecule has 3 aromatic carbocycles. The van der Waals surface area contributed by atoms with Gasteiger partial charge >= 0.3 is 0 Å². The SMILES string of the molecule is O=C(COc1ccc(/C=C2\SC(=O)N(CCOc3ccccc3)C2=O)cc1Cl)Nc1ccccc1. The summed E-state index contributed by atoms with van der Waals surface area (Å²) in [4.78, 5) is 38.5. The van der Waals surface area contributed by atoms with Crippen LogP contribution >= 0.6 is 23.4 Å². The number of nitrogens with zero attached hydrogens (tertiary/aromatic N) is 1. The first-order valence-corrected chi connectivity index (χ1v) is 11.9. The summed E-state index contributed by atoms with van der Waals surface area (Å²) in [5.74, 6) is 0.301. The fraction of sp³-hybridized carbons (Fsp3) is 0.115. The Balaban J connectivity index is 1.32. The van der Waals surface area contributed by atoms with E-state index in [1.165, 1.54) is 0 Å². The highest BCUT2D eigenvalue weighted by molar-refractivity contribution is 8.18. The van der Waals surface area contributed by atoms with Crippen molar-refractivity contribution >= 4 is 52.2 Å². The minimum absolute atomic E-state index is 0.148. The Kier molecular flexibility index (Phi) is 8.07. The Hall–Kier alpha value is -3.75. The molecule has 178 valence electrons. The van der Waals surface area contributed by atoms with Gasteiger partial charge in [-0.05, 0) is 59.8 Å². The molecule has 0 unspecified atom stereocenters. The average molecular weight is 509 g/mol. The van der Waals surface area contributed by atoms with Gasteiger partial charge in [0.15, 0.2) is 6.61 Å². The van der Waals surface area contributed by atoms with Gasteiger partial charge in [-0.2, -0.15) is 0 Å². The van der Waals surface area contributed by atoms with Gasteiger partial charge in [-0.15, -0.1) is 0 Å². The number of imide groups is 1. The molecule has 1 heterocycles. The van der Waals surface area contributed by atoms with Crippen LogP contribution in [0.25, 0.3) is 6.08 Å². The lowest BCUT2D eigenvalue weighted by atomic mass is 10.2. The number of anilines is 1. The van der Waals surface area contributed by atoms with E-state index in [1.54, 1.807) is 48.5 Å². The molecule has 0 saturated carbocycles. The molecule has 0 radical (unpaired) electrons. The third-order valence-electron chi connectivity index (χ3n) is 4.87. The van der Waals surface area contributed by atoms with Crippen molar-refractivity contribution in [1.82, 2.24) is 4.90 Å². The predicted octanol–water partition coefficient (Wildman–Crippen LogP) is 5.47. The summed E-state index contributed by atoms with van der Waals surface area (Å²) in [6.07, 6.45) is 1.60. The largest absolute Gasteiger partial charge is 0.492 e. The highest BCUT2D eigenvalue weighted by atomic mass is 35.5. The molecular weight excluding hydrogens is 488 g/mol. The van der Waals surface area contributed by atoms with Crippen LogP contribution in [0.15, 0.2) is 83.8 Å². The van der Waals surface area contributed by atoms with Crippen molar-refractivity contribution in [3.63, 3.8) is 0 Å². The third kappa shape index (κ3) is 6.65. The molecular formula is C26H21ClN2O5S. The molecule has 1 aliphatic heterocycles. The van der Waals surface area contributed by atoms with Crippen LogP contribution in [0.3, 0.4) is 0 Å². The second-order valence-corrected chi connectivity index (χ2v) is 8.79. The van der Waals surface area contributed by atoms with Gasteiger partial charge in [0.25, 0.3) is 17.1 Å². The quantitative estimate of drug-likeness (QED) is 0.386. The third-order valence-corrected chi connectivity index (χ3v) is 6.07. The van der Waals surface area contributed by atoms with Crippen molar-refractivity contribution in [3.8, 4) is 11.5 Å². The van der Waals surface area contributed by atoms with Gasteiger partial charge < -0.3 is 14.8 Å². The topological polar surface area (TPSA) is 84.9 Å². The Morgan fingerprint density at radius 1 is 0.971 bits per heavy atom. The number of thioether (sulfide) groups is 1. The van der Waals surface area contributed by atoms with Crippen LogP contribution in [0.5, 0.6) is 11.5 Å². The molecule has 3 amide bonds. The molecule has 9 heteroatoms. The van der Waals surface area contributed by atoms with Gasteiger partial charge in [0, 0.05) is 5.69 Å². The van der Waals surface area contributed by atoms with Gasteiger partial charge in [0.1, 0.15) is 18.1 Å². The molecule has 35 heavy (non-hydrogen) atoms. The van der Waals surface area contributed by atoms with E-state index in [0.717, 1.165) is 16.7 Å². The lowest BCUT2D eigenvalue weighted by Gasteiger charge is -2.13. The number of carbonyl (C=O) groups is 3. The van der Waals surface area contributed by atoms with E-state index in [0.29, 0.717) is 27.7 Å². The monoisotopic (exact) mass is 508 g/mol. The molecule has 1 N–H and O–H groups in total. The van der Waals surface area contributed by atoms with Crippen molar-refractivity contribution in [1.29, 1.82) is 0 Å². The number of amides is 3. The minimum Gasteiger partial charge on any atom is -0.492 e. The van der Waals surface area contributed by atoms with Gasteiger partial charge in [0.05, 0.1) is 16.5 Å². The second kappa shape index (κ2) is 11.6. The first-order valence-electron chi connectivity index (χ1n) is 10.7. The van der Waals surface area contributed by atoms with Crippen molar-refractivity contribution < 1.29 is 23.9 Å². The van der Waals surface area contributed by atoms with Crippen LogP contribution in [0.2, 0.25) is 5.02 Å². The van der Waals surface area contributed by atoms with Crippen molar-refractivity contribution in [2.75, 3.05) is 25.1 Å². The highest BCUT2D eigenvalue weighted by Gasteiger charge is 2.34. The van der Waals surface area contributed by atoms with Crippen LogP contribution in [0, 0.1) is 0 Å². The number of para-hydroxylation sites is 2. The molecule has 7 nitrogen and oxygen atoms in total. The number of hydrogen-bond acceptors (Lipinski definition) is 6. The Bertz CT molecular complexity index is 1250. The van der Waals surface area contributed by atoms with E-state index in [9.17, 15) is 14.4 Å². The van der Waals surface area contributed by atoms with Crippen molar-refractivity contribution in [2.24, 2.45) is 0 Å². The maximum absolute atomic E-state index is 12.7. The number of halogens is 1. The minimum atomic E-state index is -0.384. The van der Waals surface area contributed by atoms with Crippen molar-refractivity contribution in [3.05, 3.63) is 94.4 Å². The van der Waals surface area contributed by atoms with E-state index >= 15 is 0 Å². The molecule has 1 fully saturated rings. The second-order valence-electron chi connectivity index (χ2n) is 7.39. The van der Waals surface area contributed by atoms with Crippen LogP contribution in [0.1, 0.15) is 5.56 Å². The van der Waals surface area contributed by atoms with Crippen molar-refractivity contribution in [2.45, 2.75) is 0 Å². The summed E-state index contributed by atoms with van der Waals surface area (Å²) in [5, 5.41) is 2.65. The summed E-state index contributed by atoms with van der Waals surface area (Å²) < 4.78 is 11.1. The molecule has 0 aromatic heterocycles. The maximum Gasteiger partial charge on any atom is 0.293 e. The number of hydrogen-bond donors (Lipinski definition) is 1. The number of ether oxygens (including phenoxy) is 2. The molecule has 3 aromatic rings. The normalized spacial score (nSPS) is 14.3. The molecule has 0 bridgehead atoms. The Labute approximate surface area is 211 Å². The first kappa shape index (κ1) is 24.4. The number of nitrogens with one attached hydrogen (secondary N) is 1. The standard InChI is InChI=1S/C26H21ClN2O5S/c27-21-15-18(11-12-22(21)34-17-24(30)28-19-7-3-1-4-8-19)16-23-25(31)29(26(32)35-23)13-14-33-20-9-5-2-6-10-20/h1-12,15-16H,13-14,17H2,(H,28,30)/b23-16-. The highest BCUT2D eigenvalue weighted by Crippen LogP contribution is 2.33. The number of carbonyl (C=O) groups excluding carboxylic acids is 3. The zero-order valence-corrected chi connectivity index (χ0v) is 20.1. The Morgan fingerprint density at radius 2 is 1.69 bits per heavy atom. The average Bonchev–Trinajstić information content (AvgIpc) is 3.12. The zero-order valence-electron chi connectivity index (χ0n) is 18.5. The van der Waals surface area contributed by atoms with E-state index in [-0.39, 0.29) is 41.8 Å². The van der Waals surface area contributed by atoms with Gasteiger partial charge in [-0.1, -0.05) is 54.1 Å². The van der Waals surface area contributed by atoms with Crippen LogP contribution in [-0.2, 0) is 9.59 Å². The smallest absolute Gasteiger partial charge is 0.293 e. The molecule has 0 spiro atoms. The zero-order chi connectivity index (χ0) is 24.6. The molecule has 0 atom stereocenters. The molecule has 1 aliphatic rings. The fourth-order valence-corrected chi connectivity index (χ4v) is 4.31. The van der Waals surface area contributed by atoms with E-state index in [4.69, 9.17) is 21.1 Å². The van der Waals surface area contributed by atoms with Gasteiger partial charge in [0.2, 0.25) is 0 Å². The van der Waals surface area contributed by atoms with Crippen LogP contribution < -0.4 is 14.8 Å². The summed E-state index contributed by atoms with van der Waals surface area (Å²) in [6.45, 7) is 0.137. The predicted molar refractivity (Wildman–Crippen MR) is 137 cm³/mol. The fourth-order valence-electron chi connectivity index (χ4n) is 3.20.